The summed E-state index contributed by atoms with van der Waals surface area (Å²) < 4.78 is 0. The van der Waals surface area contributed by atoms with Gasteiger partial charge in [0.25, 0.3) is 0 Å². The first kappa shape index (κ1) is 14.7. The van der Waals surface area contributed by atoms with E-state index in [0.29, 0.717) is 10.0 Å². The normalized spacial score (nSPS) is 12.4. The SMILES string of the molecule is CC[C@@H](N)c1ccccc1Sc1ccc(Cl)c(Cl)c1. The van der Waals surface area contributed by atoms with Gasteiger partial charge in [0.2, 0.25) is 0 Å². The van der Waals surface area contributed by atoms with Crippen molar-refractivity contribution in [1.29, 1.82) is 0 Å². The Kier molecular flexibility index (Phi) is 5.17. The first-order valence-electron chi connectivity index (χ1n) is 6.09. The fraction of sp³-hybridized carbons (Fsp3) is 0.200. The van der Waals surface area contributed by atoms with E-state index in [1.54, 1.807) is 11.8 Å². The van der Waals surface area contributed by atoms with Crippen molar-refractivity contribution < 1.29 is 0 Å². The Labute approximate surface area is 128 Å². The van der Waals surface area contributed by atoms with Crippen LogP contribution in [0.15, 0.2) is 52.3 Å². The quantitative estimate of drug-likeness (QED) is 0.800. The van der Waals surface area contributed by atoms with Crippen molar-refractivity contribution in [1.82, 2.24) is 0 Å². The van der Waals surface area contributed by atoms with Crippen LogP contribution in [0.1, 0.15) is 24.9 Å². The summed E-state index contributed by atoms with van der Waals surface area (Å²) in [4.78, 5) is 2.22. The molecule has 1 atom stereocenters. The summed E-state index contributed by atoms with van der Waals surface area (Å²) >= 11 is 13.6. The molecule has 0 spiro atoms. The molecule has 0 unspecified atom stereocenters. The Morgan fingerprint density at radius 1 is 1.11 bits per heavy atom. The van der Waals surface area contributed by atoms with Crippen LogP contribution in [-0.2, 0) is 0 Å². The van der Waals surface area contributed by atoms with Gasteiger partial charge in [-0.15, -0.1) is 0 Å². The highest BCUT2D eigenvalue weighted by Crippen LogP contribution is 2.36. The minimum atomic E-state index is 0.0615. The third-order valence-corrected chi connectivity index (χ3v) is 4.70. The Hall–Kier alpha value is -0.670. The van der Waals surface area contributed by atoms with Crippen LogP contribution in [0.2, 0.25) is 10.0 Å². The molecular formula is C15H15Cl2NS. The summed E-state index contributed by atoms with van der Waals surface area (Å²) in [6.07, 6.45) is 0.916. The Balaban J connectivity index is 2.30. The predicted octanol–water partition coefficient (Wildman–Crippen LogP) is 5.55. The van der Waals surface area contributed by atoms with E-state index >= 15 is 0 Å². The zero-order chi connectivity index (χ0) is 13.8. The summed E-state index contributed by atoms with van der Waals surface area (Å²) in [6, 6.07) is 13.9. The molecule has 2 aromatic carbocycles. The van der Waals surface area contributed by atoms with Crippen LogP contribution in [0.4, 0.5) is 0 Å². The maximum absolute atomic E-state index is 6.14. The van der Waals surface area contributed by atoms with Gasteiger partial charge in [0, 0.05) is 15.8 Å². The zero-order valence-corrected chi connectivity index (χ0v) is 12.9. The summed E-state index contributed by atoms with van der Waals surface area (Å²) in [5.41, 5.74) is 7.31. The molecule has 0 aromatic heterocycles. The molecule has 0 saturated heterocycles. The maximum atomic E-state index is 6.14. The number of hydrogen-bond donors (Lipinski definition) is 1. The molecule has 4 heteroatoms. The molecule has 2 aromatic rings. The van der Waals surface area contributed by atoms with Crippen molar-refractivity contribution in [3.05, 3.63) is 58.1 Å². The van der Waals surface area contributed by atoms with Gasteiger partial charge >= 0.3 is 0 Å². The van der Waals surface area contributed by atoms with Crippen LogP contribution in [-0.4, -0.2) is 0 Å². The van der Waals surface area contributed by atoms with Gasteiger partial charge < -0.3 is 5.73 Å². The van der Waals surface area contributed by atoms with Crippen LogP contribution in [0.5, 0.6) is 0 Å². The van der Waals surface area contributed by atoms with E-state index in [2.05, 4.69) is 19.1 Å². The van der Waals surface area contributed by atoms with E-state index in [1.165, 1.54) is 5.56 Å². The van der Waals surface area contributed by atoms with Crippen molar-refractivity contribution in [3.63, 3.8) is 0 Å². The van der Waals surface area contributed by atoms with Crippen molar-refractivity contribution in [2.24, 2.45) is 5.73 Å². The summed E-state index contributed by atoms with van der Waals surface area (Å²) in [7, 11) is 0. The predicted molar refractivity (Wildman–Crippen MR) is 84.2 cm³/mol. The highest BCUT2D eigenvalue weighted by molar-refractivity contribution is 7.99. The Morgan fingerprint density at radius 2 is 1.84 bits per heavy atom. The Bertz CT molecular complexity index is 572. The molecule has 0 bridgehead atoms. The van der Waals surface area contributed by atoms with Crippen LogP contribution >= 0.6 is 35.0 Å². The van der Waals surface area contributed by atoms with Gasteiger partial charge in [0.1, 0.15) is 0 Å². The van der Waals surface area contributed by atoms with E-state index in [0.717, 1.165) is 16.2 Å². The van der Waals surface area contributed by atoms with Crippen molar-refractivity contribution in [2.45, 2.75) is 29.2 Å². The van der Waals surface area contributed by atoms with Gasteiger partial charge in [-0.25, -0.2) is 0 Å². The number of rotatable bonds is 4. The monoisotopic (exact) mass is 311 g/mol. The molecular weight excluding hydrogens is 297 g/mol. The molecule has 19 heavy (non-hydrogen) atoms. The second kappa shape index (κ2) is 6.67. The standard InChI is InChI=1S/C15H15Cl2NS/c1-2-14(18)11-5-3-4-6-15(11)19-10-7-8-12(16)13(17)9-10/h3-9,14H,2,18H2,1H3/t14-/m1/s1. The second-order valence-corrected chi connectivity index (χ2v) is 6.16. The van der Waals surface area contributed by atoms with Crippen molar-refractivity contribution in [2.75, 3.05) is 0 Å². The molecule has 0 amide bonds. The smallest absolute Gasteiger partial charge is 0.0603 e. The number of halogens is 2. The van der Waals surface area contributed by atoms with E-state index in [-0.39, 0.29) is 6.04 Å². The lowest BCUT2D eigenvalue weighted by atomic mass is 10.1. The summed E-state index contributed by atoms with van der Waals surface area (Å²) in [5.74, 6) is 0. The lowest BCUT2D eigenvalue weighted by Gasteiger charge is -2.14. The molecule has 0 heterocycles. The molecule has 0 aliphatic rings. The largest absolute Gasteiger partial charge is 0.324 e. The summed E-state index contributed by atoms with van der Waals surface area (Å²) in [5, 5.41) is 1.15. The van der Waals surface area contributed by atoms with Gasteiger partial charge in [-0.05, 0) is 36.2 Å². The minimum absolute atomic E-state index is 0.0615. The van der Waals surface area contributed by atoms with Crippen molar-refractivity contribution >= 4 is 35.0 Å². The van der Waals surface area contributed by atoms with Gasteiger partial charge in [-0.2, -0.15) is 0 Å². The van der Waals surface area contributed by atoms with Crippen LogP contribution in [0.3, 0.4) is 0 Å². The molecule has 0 radical (unpaired) electrons. The van der Waals surface area contributed by atoms with E-state index in [9.17, 15) is 0 Å². The van der Waals surface area contributed by atoms with Gasteiger partial charge in [-0.3, -0.25) is 0 Å². The first-order chi connectivity index (χ1) is 9.11. The second-order valence-electron chi connectivity index (χ2n) is 4.23. The fourth-order valence-corrected chi connectivity index (χ4v) is 3.18. The third-order valence-electron chi connectivity index (χ3n) is 2.88. The maximum Gasteiger partial charge on any atom is 0.0603 e. The summed E-state index contributed by atoms with van der Waals surface area (Å²) in [6.45, 7) is 2.09. The van der Waals surface area contributed by atoms with Crippen LogP contribution < -0.4 is 5.73 Å². The highest BCUT2D eigenvalue weighted by Gasteiger charge is 2.10. The van der Waals surface area contributed by atoms with Crippen molar-refractivity contribution in [3.8, 4) is 0 Å². The lowest BCUT2D eigenvalue weighted by Crippen LogP contribution is -2.09. The van der Waals surface area contributed by atoms with Gasteiger partial charge in [0.15, 0.2) is 0 Å². The molecule has 0 aliphatic carbocycles. The van der Waals surface area contributed by atoms with Crippen LogP contribution in [0.25, 0.3) is 0 Å². The van der Waals surface area contributed by atoms with E-state index < -0.39 is 0 Å². The topological polar surface area (TPSA) is 26.0 Å². The molecule has 100 valence electrons. The van der Waals surface area contributed by atoms with Gasteiger partial charge in [0.05, 0.1) is 10.0 Å². The number of hydrogen-bond acceptors (Lipinski definition) is 2. The van der Waals surface area contributed by atoms with E-state index in [1.807, 2.05) is 30.3 Å². The first-order valence-corrected chi connectivity index (χ1v) is 7.66. The molecule has 2 rings (SSSR count). The number of benzene rings is 2. The third kappa shape index (κ3) is 3.67. The zero-order valence-electron chi connectivity index (χ0n) is 10.6. The average molecular weight is 312 g/mol. The molecule has 0 fully saturated rings. The highest BCUT2D eigenvalue weighted by atomic mass is 35.5. The lowest BCUT2D eigenvalue weighted by molar-refractivity contribution is 0.685. The minimum Gasteiger partial charge on any atom is -0.324 e. The van der Waals surface area contributed by atoms with Gasteiger partial charge in [-0.1, -0.05) is 60.1 Å². The molecule has 2 N–H and O–H groups in total. The Morgan fingerprint density at radius 3 is 2.53 bits per heavy atom. The molecule has 0 saturated carbocycles. The van der Waals surface area contributed by atoms with Crippen LogP contribution in [0, 0.1) is 0 Å². The fourth-order valence-electron chi connectivity index (χ4n) is 1.77. The number of nitrogens with two attached hydrogens (primary N) is 1. The van der Waals surface area contributed by atoms with E-state index in [4.69, 9.17) is 28.9 Å². The molecule has 0 aliphatic heterocycles. The average Bonchev–Trinajstić information content (AvgIpc) is 2.43. The molecule has 1 nitrogen and oxygen atoms in total.